The van der Waals surface area contributed by atoms with Crippen molar-refractivity contribution in [2.24, 2.45) is 0 Å². The summed E-state index contributed by atoms with van der Waals surface area (Å²) in [5.74, 6) is 0.0443. The fourth-order valence-electron chi connectivity index (χ4n) is 3.44. The average molecular weight is 380 g/mol. The standard InChI is InChI=1S/C23H29N3O2/c1-19(27)21-7-9-22(10-8-21)24-23(28)12-14-26-17-15-25(16-18-26)13-11-20-5-3-2-4-6-20/h2-10H,11-18H2,1H3,(H,24,28). The van der Waals surface area contributed by atoms with E-state index in [2.05, 4.69) is 45.4 Å². The van der Waals surface area contributed by atoms with Gasteiger partial charge in [-0.25, -0.2) is 0 Å². The van der Waals surface area contributed by atoms with E-state index in [9.17, 15) is 9.59 Å². The van der Waals surface area contributed by atoms with E-state index in [1.54, 1.807) is 24.3 Å². The molecular weight excluding hydrogens is 350 g/mol. The molecule has 0 aromatic heterocycles. The Kier molecular flexibility index (Phi) is 7.34. The highest BCUT2D eigenvalue weighted by atomic mass is 16.1. The lowest BCUT2D eigenvalue weighted by atomic mass is 10.1. The Bertz CT molecular complexity index is 766. The first-order chi connectivity index (χ1) is 13.6. The molecule has 1 heterocycles. The highest BCUT2D eigenvalue weighted by molar-refractivity contribution is 5.95. The monoisotopic (exact) mass is 379 g/mol. The van der Waals surface area contributed by atoms with Gasteiger partial charge in [-0.2, -0.15) is 0 Å². The highest BCUT2D eigenvalue weighted by Gasteiger charge is 2.17. The topological polar surface area (TPSA) is 52.7 Å². The van der Waals surface area contributed by atoms with Gasteiger partial charge in [0.1, 0.15) is 0 Å². The van der Waals surface area contributed by atoms with Crippen LogP contribution in [0.4, 0.5) is 5.69 Å². The van der Waals surface area contributed by atoms with E-state index >= 15 is 0 Å². The summed E-state index contributed by atoms with van der Waals surface area (Å²) < 4.78 is 0. The smallest absolute Gasteiger partial charge is 0.225 e. The Balaban J connectivity index is 1.33. The molecule has 0 spiro atoms. The normalized spacial score (nSPS) is 15.3. The zero-order valence-corrected chi connectivity index (χ0v) is 16.6. The van der Waals surface area contributed by atoms with Crippen LogP contribution in [0.1, 0.15) is 29.3 Å². The summed E-state index contributed by atoms with van der Waals surface area (Å²) in [6.45, 7) is 7.54. The van der Waals surface area contributed by atoms with Gasteiger partial charge in [-0.05, 0) is 43.2 Å². The van der Waals surface area contributed by atoms with Crippen LogP contribution in [0.3, 0.4) is 0 Å². The summed E-state index contributed by atoms with van der Waals surface area (Å²) in [6, 6.07) is 17.6. The Morgan fingerprint density at radius 1 is 0.857 bits per heavy atom. The predicted molar refractivity (Wildman–Crippen MR) is 113 cm³/mol. The third kappa shape index (κ3) is 6.29. The third-order valence-electron chi connectivity index (χ3n) is 5.25. The number of amides is 1. The third-order valence-corrected chi connectivity index (χ3v) is 5.25. The second-order valence-electron chi connectivity index (χ2n) is 7.35. The summed E-state index contributed by atoms with van der Waals surface area (Å²) in [5.41, 5.74) is 2.78. The molecule has 1 aliphatic rings. The number of nitrogens with zero attached hydrogens (tertiary/aromatic N) is 2. The number of anilines is 1. The minimum Gasteiger partial charge on any atom is -0.326 e. The number of Topliss-reactive ketones (excluding diaryl/α,β-unsaturated/α-hetero) is 1. The van der Waals surface area contributed by atoms with E-state index in [1.807, 2.05) is 0 Å². The Labute approximate surface area is 167 Å². The predicted octanol–water partition coefficient (Wildman–Crippen LogP) is 3.08. The van der Waals surface area contributed by atoms with Crippen molar-refractivity contribution in [3.8, 4) is 0 Å². The van der Waals surface area contributed by atoms with Crippen molar-refractivity contribution < 1.29 is 9.59 Å². The average Bonchev–Trinajstić information content (AvgIpc) is 2.72. The largest absolute Gasteiger partial charge is 0.326 e. The van der Waals surface area contributed by atoms with Gasteiger partial charge in [-0.1, -0.05) is 30.3 Å². The summed E-state index contributed by atoms with van der Waals surface area (Å²) in [6.07, 6.45) is 1.57. The van der Waals surface area contributed by atoms with Crippen molar-refractivity contribution in [3.63, 3.8) is 0 Å². The van der Waals surface area contributed by atoms with Crippen LogP contribution in [0.5, 0.6) is 0 Å². The van der Waals surface area contributed by atoms with E-state index < -0.39 is 0 Å². The zero-order chi connectivity index (χ0) is 19.8. The minimum atomic E-state index is 0.0158. The fourth-order valence-corrected chi connectivity index (χ4v) is 3.44. The van der Waals surface area contributed by atoms with E-state index in [0.29, 0.717) is 12.0 Å². The maximum absolute atomic E-state index is 12.2. The summed E-state index contributed by atoms with van der Waals surface area (Å²) in [7, 11) is 0. The number of piperazine rings is 1. The van der Waals surface area contributed by atoms with Crippen LogP contribution in [-0.2, 0) is 11.2 Å². The van der Waals surface area contributed by atoms with Crippen LogP contribution in [0.2, 0.25) is 0 Å². The molecule has 2 aromatic rings. The van der Waals surface area contributed by atoms with Gasteiger partial charge in [0, 0.05) is 56.9 Å². The molecule has 0 unspecified atom stereocenters. The molecule has 1 saturated heterocycles. The lowest BCUT2D eigenvalue weighted by molar-refractivity contribution is -0.116. The maximum Gasteiger partial charge on any atom is 0.225 e. The van der Waals surface area contributed by atoms with Crippen molar-refractivity contribution in [1.82, 2.24) is 9.80 Å². The van der Waals surface area contributed by atoms with Gasteiger partial charge in [0.25, 0.3) is 0 Å². The van der Waals surface area contributed by atoms with Crippen LogP contribution >= 0.6 is 0 Å². The Hall–Kier alpha value is -2.50. The van der Waals surface area contributed by atoms with E-state index in [0.717, 1.165) is 51.4 Å². The summed E-state index contributed by atoms with van der Waals surface area (Å²) in [4.78, 5) is 28.3. The molecule has 1 N–H and O–H groups in total. The Morgan fingerprint density at radius 3 is 2.07 bits per heavy atom. The van der Waals surface area contributed by atoms with Gasteiger partial charge in [0.05, 0.1) is 0 Å². The second-order valence-corrected chi connectivity index (χ2v) is 7.35. The van der Waals surface area contributed by atoms with Gasteiger partial charge in [-0.15, -0.1) is 0 Å². The molecule has 0 radical (unpaired) electrons. The second kappa shape index (κ2) is 10.2. The fraction of sp³-hybridized carbons (Fsp3) is 0.391. The molecule has 28 heavy (non-hydrogen) atoms. The van der Waals surface area contributed by atoms with Crippen molar-refractivity contribution in [1.29, 1.82) is 0 Å². The number of benzene rings is 2. The van der Waals surface area contributed by atoms with Gasteiger partial charge in [0.2, 0.25) is 5.91 Å². The van der Waals surface area contributed by atoms with Crippen molar-refractivity contribution in [2.75, 3.05) is 44.6 Å². The van der Waals surface area contributed by atoms with Crippen LogP contribution in [-0.4, -0.2) is 60.8 Å². The number of ketones is 1. The quantitative estimate of drug-likeness (QED) is 0.716. The maximum atomic E-state index is 12.2. The zero-order valence-electron chi connectivity index (χ0n) is 16.6. The number of nitrogens with one attached hydrogen (secondary N) is 1. The van der Waals surface area contributed by atoms with Crippen LogP contribution < -0.4 is 5.32 Å². The number of hydrogen-bond acceptors (Lipinski definition) is 4. The number of hydrogen-bond donors (Lipinski definition) is 1. The highest BCUT2D eigenvalue weighted by Crippen LogP contribution is 2.11. The van der Waals surface area contributed by atoms with Gasteiger partial charge < -0.3 is 15.1 Å². The van der Waals surface area contributed by atoms with Crippen LogP contribution in [0, 0.1) is 0 Å². The molecule has 1 fully saturated rings. The van der Waals surface area contributed by atoms with Crippen LogP contribution in [0.15, 0.2) is 54.6 Å². The molecule has 148 valence electrons. The first-order valence-corrected chi connectivity index (χ1v) is 9.99. The first kappa shape index (κ1) is 20.2. The Morgan fingerprint density at radius 2 is 1.46 bits per heavy atom. The molecule has 0 atom stereocenters. The van der Waals surface area contributed by atoms with Gasteiger partial charge >= 0.3 is 0 Å². The molecular formula is C23H29N3O2. The molecule has 0 bridgehead atoms. The molecule has 1 aliphatic heterocycles. The van der Waals surface area contributed by atoms with Gasteiger partial charge in [-0.3, -0.25) is 9.59 Å². The van der Waals surface area contributed by atoms with Crippen molar-refractivity contribution >= 4 is 17.4 Å². The lowest BCUT2D eigenvalue weighted by Gasteiger charge is -2.34. The van der Waals surface area contributed by atoms with E-state index in [1.165, 1.54) is 12.5 Å². The molecule has 3 rings (SSSR count). The molecule has 0 aliphatic carbocycles. The minimum absolute atomic E-state index is 0.0158. The molecule has 2 aromatic carbocycles. The summed E-state index contributed by atoms with van der Waals surface area (Å²) in [5, 5.41) is 2.91. The molecule has 5 nitrogen and oxygen atoms in total. The van der Waals surface area contributed by atoms with E-state index in [4.69, 9.17) is 0 Å². The molecule has 0 saturated carbocycles. The van der Waals surface area contributed by atoms with Crippen LogP contribution in [0.25, 0.3) is 0 Å². The van der Waals surface area contributed by atoms with Crippen molar-refractivity contribution in [3.05, 3.63) is 65.7 Å². The lowest BCUT2D eigenvalue weighted by Crippen LogP contribution is -2.47. The molecule has 1 amide bonds. The summed E-state index contributed by atoms with van der Waals surface area (Å²) >= 11 is 0. The number of carbonyl (C=O) groups excluding carboxylic acids is 2. The van der Waals surface area contributed by atoms with Gasteiger partial charge in [0.15, 0.2) is 5.78 Å². The SMILES string of the molecule is CC(=O)c1ccc(NC(=O)CCN2CCN(CCc3ccccc3)CC2)cc1. The first-order valence-electron chi connectivity index (χ1n) is 9.99. The number of carbonyl (C=O) groups is 2. The van der Waals surface area contributed by atoms with E-state index in [-0.39, 0.29) is 11.7 Å². The number of rotatable bonds is 8. The van der Waals surface area contributed by atoms with Crippen molar-refractivity contribution in [2.45, 2.75) is 19.8 Å². The molecule has 5 heteroatoms.